The zero-order valence-electron chi connectivity index (χ0n) is 24.9. The number of ether oxygens (including phenoxy) is 2. The van der Waals surface area contributed by atoms with E-state index in [0.29, 0.717) is 28.7 Å². The zero-order chi connectivity index (χ0) is 29.5. The minimum absolute atomic E-state index is 0.0789. The molecule has 1 N–H and O–H groups in total. The van der Waals surface area contributed by atoms with E-state index in [9.17, 15) is 9.59 Å². The molecule has 0 spiro atoms. The van der Waals surface area contributed by atoms with Gasteiger partial charge in [-0.2, -0.15) is 5.10 Å². The fourth-order valence-electron chi connectivity index (χ4n) is 6.06. The molecule has 1 aliphatic heterocycles. The normalized spacial score (nSPS) is 16.7. The van der Waals surface area contributed by atoms with E-state index in [1.54, 1.807) is 32.4 Å². The average Bonchev–Trinajstić information content (AvgIpc) is 3.81. The maximum atomic E-state index is 13.8. The van der Waals surface area contributed by atoms with E-state index < -0.39 is 0 Å². The van der Waals surface area contributed by atoms with Crippen LogP contribution < -0.4 is 19.7 Å². The lowest BCUT2D eigenvalue weighted by Crippen LogP contribution is -2.42. The second kappa shape index (κ2) is 14.2. The number of amides is 2. The van der Waals surface area contributed by atoms with Crippen molar-refractivity contribution in [2.75, 3.05) is 45.8 Å². The molecule has 42 heavy (non-hydrogen) atoms. The molecule has 1 aromatic carbocycles. The molecule has 3 heterocycles. The summed E-state index contributed by atoms with van der Waals surface area (Å²) in [6.07, 6.45) is 10.5. The Balaban J connectivity index is 1.40. The Morgan fingerprint density at radius 2 is 1.81 bits per heavy atom. The molecule has 10 nitrogen and oxygen atoms in total. The zero-order valence-corrected chi connectivity index (χ0v) is 25.7. The molecular weight excluding hydrogens is 552 g/mol. The number of thiazole rings is 1. The van der Waals surface area contributed by atoms with Gasteiger partial charge in [0.1, 0.15) is 11.5 Å². The summed E-state index contributed by atoms with van der Waals surface area (Å²) in [5, 5.41) is 10.5. The van der Waals surface area contributed by atoms with E-state index in [0.717, 1.165) is 56.6 Å². The van der Waals surface area contributed by atoms with Gasteiger partial charge < -0.3 is 19.7 Å². The molecule has 1 aliphatic carbocycles. The number of nitrogens with zero attached hydrogens (tertiary/aromatic N) is 5. The molecule has 0 unspecified atom stereocenters. The van der Waals surface area contributed by atoms with E-state index in [4.69, 9.17) is 14.6 Å². The fraction of sp³-hybridized carbons (Fsp3) is 0.548. The van der Waals surface area contributed by atoms with Crippen LogP contribution in [0, 0.1) is 0 Å². The average molecular weight is 595 g/mol. The van der Waals surface area contributed by atoms with Gasteiger partial charge in [-0.25, -0.2) is 4.98 Å². The summed E-state index contributed by atoms with van der Waals surface area (Å²) in [5.74, 6) is 0.964. The molecule has 1 saturated carbocycles. The highest BCUT2D eigenvalue weighted by molar-refractivity contribution is 7.13. The number of nitrogens with one attached hydrogen (secondary N) is 1. The summed E-state index contributed by atoms with van der Waals surface area (Å²) in [4.78, 5) is 35.3. The van der Waals surface area contributed by atoms with Crippen molar-refractivity contribution in [2.45, 2.75) is 69.9 Å². The number of hydrogen-bond donors (Lipinski definition) is 1. The van der Waals surface area contributed by atoms with Crippen molar-refractivity contribution in [1.29, 1.82) is 0 Å². The molecule has 5 rings (SSSR count). The Labute approximate surface area is 252 Å². The number of likely N-dealkylation sites (tertiary alicyclic amines) is 1. The van der Waals surface area contributed by atoms with Gasteiger partial charge in [0.2, 0.25) is 5.91 Å². The molecule has 1 atom stereocenters. The first-order chi connectivity index (χ1) is 20.5. The Bertz CT molecular complexity index is 1310. The molecule has 3 aromatic rings. The number of carbonyl (C=O) groups is 2. The number of methoxy groups -OCH3 is 2. The second-order valence-electron chi connectivity index (χ2n) is 11.2. The number of rotatable bonds is 12. The molecule has 0 radical (unpaired) electrons. The fourth-order valence-corrected chi connectivity index (χ4v) is 6.69. The van der Waals surface area contributed by atoms with Crippen LogP contribution in [0.15, 0.2) is 35.8 Å². The maximum absolute atomic E-state index is 13.8. The lowest BCUT2D eigenvalue weighted by atomic mass is 10.1. The van der Waals surface area contributed by atoms with Crippen LogP contribution in [-0.4, -0.2) is 78.4 Å². The summed E-state index contributed by atoms with van der Waals surface area (Å²) < 4.78 is 13.4. The number of anilines is 1. The van der Waals surface area contributed by atoms with Crippen LogP contribution >= 0.6 is 11.3 Å². The van der Waals surface area contributed by atoms with E-state index in [1.807, 2.05) is 34.3 Å². The quantitative estimate of drug-likeness (QED) is 0.309. The molecule has 2 aliphatic rings. The van der Waals surface area contributed by atoms with Crippen LogP contribution in [0.3, 0.4) is 0 Å². The van der Waals surface area contributed by atoms with Crippen LogP contribution in [0.4, 0.5) is 5.13 Å². The number of aromatic nitrogens is 3. The highest BCUT2D eigenvalue weighted by Gasteiger charge is 2.29. The lowest BCUT2D eigenvalue weighted by Gasteiger charge is -2.28. The van der Waals surface area contributed by atoms with Crippen molar-refractivity contribution < 1.29 is 19.1 Å². The third-order valence-corrected chi connectivity index (χ3v) is 9.25. The first-order valence-electron chi connectivity index (χ1n) is 15.0. The van der Waals surface area contributed by atoms with Gasteiger partial charge in [-0.05, 0) is 63.4 Å². The summed E-state index contributed by atoms with van der Waals surface area (Å²) in [6, 6.07) is 7.36. The number of benzene rings is 1. The van der Waals surface area contributed by atoms with Gasteiger partial charge in [0.25, 0.3) is 5.91 Å². The highest BCUT2D eigenvalue weighted by Crippen LogP contribution is 2.41. The van der Waals surface area contributed by atoms with Gasteiger partial charge in [0.05, 0.1) is 31.5 Å². The number of hydrogen-bond acceptors (Lipinski definition) is 8. The molecule has 2 amide bonds. The predicted octanol–water partition coefficient (Wildman–Crippen LogP) is 5.17. The van der Waals surface area contributed by atoms with Crippen LogP contribution in [0.1, 0.15) is 74.3 Å². The van der Waals surface area contributed by atoms with E-state index in [1.165, 1.54) is 30.6 Å². The largest absolute Gasteiger partial charge is 0.496 e. The smallest absolute Gasteiger partial charge is 0.272 e. The number of carbonyl (C=O) groups excluding carboxylic acids is 2. The Hall–Kier alpha value is -3.44. The van der Waals surface area contributed by atoms with Gasteiger partial charge in [0, 0.05) is 37.6 Å². The molecule has 2 fully saturated rings. The SMILES string of the molecule is COc1cccc(OC)c1-c1cc(C(=O)N[C@@H](CCN2CCCCC2)CC(=O)N(C)c2nccs2)nn1C1CCCC1. The molecule has 226 valence electrons. The summed E-state index contributed by atoms with van der Waals surface area (Å²) in [7, 11) is 5.00. The number of piperidine rings is 1. The molecule has 11 heteroatoms. The summed E-state index contributed by atoms with van der Waals surface area (Å²) in [6.45, 7) is 2.95. The molecule has 1 saturated heterocycles. The van der Waals surface area contributed by atoms with Gasteiger partial charge in [0.15, 0.2) is 10.8 Å². The minimum atomic E-state index is -0.338. The maximum Gasteiger partial charge on any atom is 0.272 e. The Morgan fingerprint density at radius 1 is 1.10 bits per heavy atom. The Kier molecular flexibility index (Phi) is 10.1. The van der Waals surface area contributed by atoms with Crippen molar-refractivity contribution in [3.05, 3.63) is 41.5 Å². The first kappa shape index (κ1) is 30.0. The van der Waals surface area contributed by atoms with Gasteiger partial charge in [-0.15, -0.1) is 11.3 Å². The van der Waals surface area contributed by atoms with Gasteiger partial charge in [-0.1, -0.05) is 25.3 Å². The van der Waals surface area contributed by atoms with Crippen LogP contribution in [0.25, 0.3) is 11.3 Å². The van der Waals surface area contributed by atoms with Crippen molar-refractivity contribution in [3.8, 4) is 22.8 Å². The molecule has 0 bridgehead atoms. The van der Waals surface area contributed by atoms with Gasteiger partial charge >= 0.3 is 0 Å². The topological polar surface area (TPSA) is 102 Å². The first-order valence-corrected chi connectivity index (χ1v) is 15.9. The Morgan fingerprint density at radius 3 is 2.45 bits per heavy atom. The summed E-state index contributed by atoms with van der Waals surface area (Å²) in [5.41, 5.74) is 1.90. The van der Waals surface area contributed by atoms with E-state index >= 15 is 0 Å². The minimum Gasteiger partial charge on any atom is -0.496 e. The second-order valence-corrected chi connectivity index (χ2v) is 12.0. The highest BCUT2D eigenvalue weighted by atomic mass is 32.1. The van der Waals surface area contributed by atoms with Gasteiger partial charge in [-0.3, -0.25) is 19.2 Å². The van der Waals surface area contributed by atoms with E-state index in [-0.39, 0.29) is 30.3 Å². The third kappa shape index (κ3) is 6.95. The van der Waals surface area contributed by atoms with Crippen molar-refractivity contribution in [3.63, 3.8) is 0 Å². The lowest BCUT2D eigenvalue weighted by molar-refractivity contribution is -0.118. The van der Waals surface area contributed by atoms with Crippen LogP contribution in [0.5, 0.6) is 11.5 Å². The van der Waals surface area contributed by atoms with Crippen molar-refractivity contribution in [2.24, 2.45) is 0 Å². The standard InChI is InChI=1S/C31H42N6O4S/c1-35(31-32-15-19-42-31)28(38)20-22(14-18-36-16-7-4-8-17-36)33-30(39)24-21-25(37(34-24)23-10-5-6-11-23)29-26(40-2)12-9-13-27(29)41-3/h9,12-13,15,19,21-23H,4-8,10-11,14,16-18,20H2,1-3H3,(H,33,39)/t22-/m0/s1. The summed E-state index contributed by atoms with van der Waals surface area (Å²) >= 11 is 1.42. The van der Waals surface area contributed by atoms with Crippen molar-refractivity contribution in [1.82, 2.24) is 25.0 Å². The molecule has 2 aromatic heterocycles. The van der Waals surface area contributed by atoms with Crippen LogP contribution in [0.2, 0.25) is 0 Å². The monoisotopic (exact) mass is 594 g/mol. The van der Waals surface area contributed by atoms with E-state index in [2.05, 4.69) is 15.2 Å². The third-order valence-electron chi connectivity index (χ3n) is 8.40. The predicted molar refractivity (Wildman–Crippen MR) is 165 cm³/mol. The molecular formula is C31H42N6O4S. The van der Waals surface area contributed by atoms with Crippen LogP contribution in [-0.2, 0) is 4.79 Å². The van der Waals surface area contributed by atoms with Crippen molar-refractivity contribution >= 4 is 28.3 Å².